The summed E-state index contributed by atoms with van der Waals surface area (Å²) in [5.41, 5.74) is 0.922. The molecule has 1 N–H and O–H groups in total. The van der Waals surface area contributed by atoms with Crippen molar-refractivity contribution in [3.05, 3.63) is 80.8 Å². The summed E-state index contributed by atoms with van der Waals surface area (Å²) in [5, 5.41) is 9.96. The van der Waals surface area contributed by atoms with E-state index in [1.54, 1.807) is 48.7 Å². The number of nitrogens with zero attached hydrogens (tertiary/aromatic N) is 2. The van der Waals surface area contributed by atoms with Crippen molar-refractivity contribution in [3.8, 4) is 0 Å². The highest BCUT2D eigenvalue weighted by atomic mass is 79.9. The van der Waals surface area contributed by atoms with Crippen LogP contribution >= 0.6 is 15.9 Å². The minimum atomic E-state index is -1.37. The summed E-state index contributed by atoms with van der Waals surface area (Å²) in [6, 6.07) is 13.2. The number of pyridine rings is 1. The molecule has 0 radical (unpaired) electrons. The lowest BCUT2D eigenvalue weighted by Gasteiger charge is -2.11. The second-order valence-electron chi connectivity index (χ2n) is 5.08. The van der Waals surface area contributed by atoms with Crippen LogP contribution in [0.1, 0.15) is 17.4 Å². The van der Waals surface area contributed by atoms with E-state index >= 15 is 0 Å². The van der Waals surface area contributed by atoms with Crippen LogP contribution in [-0.2, 0) is 16.1 Å². The topological polar surface area (TPSA) is 80.9 Å². The average Bonchev–Trinajstić information content (AvgIpc) is 2.60. The van der Waals surface area contributed by atoms with E-state index in [1.165, 1.54) is 10.5 Å². The molecule has 24 heavy (non-hydrogen) atoms. The summed E-state index contributed by atoms with van der Waals surface area (Å²) in [6.07, 6.45) is 0.239. The van der Waals surface area contributed by atoms with Gasteiger partial charge in [0.2, 0.25) is 0 Å². The highest BCUT2D eigenvalue weighted by Gasteiger charge is 2.19. The van der Waals surface area contributed by atoms with Crippen molar-refractivity contribution < 1.29 is 14.6 Å². The molecule has 3 rings (SSSR count). The van der Waals surface area contributed by atoms with Gasteiger partial charge in [0.25, 0.3) is 5.56 Å². The molecule has 7 heteroatoms. The van der Waals surface area contributed by atoms with Crippen LogP contribution in [0.15, 0.2) is 64.0 Å². The predicted molar refractivity (Wildman–Crippen MR) is 90.4 cm³/mol. The van der Waals surface area contributed by atoms with Crippen molar-refractivity contribution in [3.63, 3.8) is 0 Å². The first-order valence-electron chi connectivity index (χ1n) is 7.12. The van der Waals surface area contributed by atoms with E-state index in [0.29, 0.717) is 16.9 Å². The van der Waals surface area contributed by atoms with Gasteiger partial charge in [0, 0.05) is 16.7 Å². The number of aliphatic hydroxyl groups excluding tert-OH is 1. The molecule has 6 nitrogen and oxygen atoms in total. The molecular weight excluding hydrogens is 376 g/mol. The van der Waals surface area contributed by atoms with Crippen LogP contribution in [0.4, 0.5) is 0 Å². The molecule has 122 valence electrons. The fourth-order valence-electron chi connectivity index (χ4n) is 2.20. The van der Waals surface area contributed by atoms with Gasteiger partial charge in [-0.3, -0.25) is 9.20 Å². The van der Waals surface area contributed by atoms with Crippen LogP contribution in [0.25, 0.3) is 5.65 Å². The van der Waals surface area contributed by atoms with E-state index in [4.69, 9.17) is 4.74 Å². The first-order chi connectivity index (χ1) is 11.5. The third-order valence-corrected chi connectivity index (χ3v) is 3.85. The Labute approximate surface area is 145 Å². The Morgan fingerprint density at radius 1 is 1.25 bits per heavy atom. The molecule has 0 fully saturated rings. The number of benzene rings is 1. The van der Waals surface area contributed by atoms with Crippen molar-refractivity contribution in [2.75, 3.05) is 0 Å². The lowest BCUT2D eigenvalue weighted by Crippen LogP contribution is -2.19. The summed E-state index contributed by atoms with van der Waals surface area (Å²) < 4.78 is 7.20. The lowest BCUT2D eigenvalue weighted by atomic mass is 10.1. The molecule has 0 saturated carbocycles. The monoisotopic (exact) mass is 388 g/mol. The Bertz CT molecular complexity index is 940. The van der Waals surface area contributed by atoms with Crippen LogP contribution in [0.2, 0.25) is 0 Å². The van der Waals surface area contributed by atoms with Crippen LogP contribution in [0, 0.1) is 0 Å². The Balaban J connectivity index is 1.75. The standard InChI is InChI=1S/C17H13BrN2O4/c18-12-6-7-14-19-13(8-15(21)20(14)9-12)10-24-17(23)16(22)11-4-2-1-3-5-11/h1-9,16,22H,10H2/t16-/m1/s1. The number of aliphatic hydroxyl groups is 1. The number of hydrogen-bond donors (Lipinski definition) is 1. The molecule has 2 aromatic heterocycles. The van der Waals surface area contributed by atoms with Gasteiger partial charge in [0.15, 0.2) is 6.10 Å². The number of carbonyl (C=O) groups is 1. The fourth-order valence-corrected chi connectivity index (χ4v) is 2.53. The second kappa shape index (κ2) is 6.94. The van der Waals surface area contributed by atoms with Crippen molar-refractivity contribution in [1.82, 2.24) is 9.38 Å². The van der Waals surface area contributed by atoms with E-state index < -0.39 is 12.1 Å². The number of esters is 1. The fraction of sp³-hybridized carbons (Fsp3) is 0.118. The predicted octanol–water partition coefficient (Wildman–Crippen LogP) is 2.23. The molecule has 2 heterocycles. The van der Waals surface area contributed by atoms with E-state index in [2.05, 4.69) is 20.9 Å². The number of ether oxygens (including phenoxy) is 1. The zero-order valence-electron chi connectivity index (χ0n) is 12.4. The quantitative estimate of drug-likeness (QED) is 0.693. The lowest BCUT2D eigenvalue weighted by molar-refractivity contribution is -0.155. The Hall–Kier alpha value is -2.51. The number of fused-ring (bicyclic) bond motifs is 1. The molecule has 1 atom stereocenters. The van der Waals surface area contributed by atoms with Crippen molar-refractivity contribution in [2.45, 2.75) is 12.7 Å². The molecule has 0 bridgehead atoms. The zero-order chi connectivity index (χ0) is 17.1. The van der Waals surface area contributed by atoms with E-state index in [-0.39, 0.29) is 12.2 Å². The minimum Gasteiger partial charge on any atom is -0.457 e. The highest BCUT2D eigenvalue weighted by Crippen LogP contribution is 2.15. The molecule has 0 amide bonds. The molecule has 1 aromatic carbocycles. The smallest absolute Gasteiger partial charge is 0.340 e. The van der Waals surface area contributed by atoms with Crippen molar-refractivity contribution in [2.24, 2.45) is 0 Å². The molecule has 0 saturated heterocycles. The number of carbonyl (C=O) groups excluding carboxylic acids is 1. The molecule has 0 aliphatic carbocycles. The van der Waals surface area contributed by atoms with Crippen LogP contribution in [-0.4, -0.2) is 20.5 Å². The van der Waals surface area contributed by atoms with Crippen LogP contribution in [0.5, 0.6) is 0 Å². The van der Waals surface area contributed by atoms with Gasteiger partial charge in [-0.05, 0) is 33.6 Å². The molecular formula is C17H13BrN2O4. The number of aromatic nitrogens is 2. The van der Waals surface area contributed by atoms with E-state index in [0.717, 1.165) is 4.47 Å². The minimum absolute atomic E-state index is 0.190. The van der Waals surface area contributed by atoms with E-state index in [1.807, 2.05) is 0 Å². The molecule has 0 aliphatic rings. The van der Waals surface area contributed by atoms with Gasteiger partial charge in [-0.2, -0.15) is 0 Å². The highest BCUT2D eigenvalue weighted by molar-refractivity contribution is 9.10. The van der Waals surface area contributed by atoms with Crippen molar-refractivity contribution in [1.29, 1.82) is 0 Å². The zero-order valence-corrected chi connectivity index (χ0v) is 14.0. The van der Waals surface area contributed by atoms with E-state index in [9.17, 15) is 14.7 Å². The number of rotatable bonds is 4. The Morgan fingerprint density at radius 2 is 2.00 bits per heavy atom. The van der Waals surface area contributed by atoms with Gasteiger partial charge in [-0.25, -0.2) is 9.78 Å². The molecule has 3 aromatic rings. The summed E-state index contributed by atoms with van der Waals surface area (Å²) in [7, 11) is 0. The summed E-state index contributed by atoms with van der Waals surface area (Å²) in [5.74, 6) is -0.793. The first kappa shape index (κ1) is 16.4. The third-order valence-electron chi connectivity index (χ3n) is 3.38. The molecule has 0 unspecified atom stereocenters. The Morgan fingerprint density at radius 3 is 2.75 bits per heavy atom. The molecule has 0 spiro atoms. The third kappa shape index (κ3) is 3.52. The maximum atomic E-state index is 12.1. The van der Waals surface area contributed by atoms with Crippen molar-refractivity contribution >= 4 is 27.5 Å². The average molecular weight is 389 g/mol. The normalized spacial score (nSPS) is 12.1. The summed E-state index contributed by atoms with van der Waals surface area (Å²) >= 11 is 3.29. The first-order valence-corrected chi connectivity index (χ1v) is 7.91. The van der Waals surface area contributed by atoms with Gasteiger partial charge in [0.1, 0.15) is 12.3 Å². The summed E-state index contributed by atoms with van der Waals surface area (Å²) in [4.78, 5) is 28.2. The van der Waals surface area contributed by atoms with Gasteiger partial charge >= 0.3 is 5.97 Å². The SMILES string of the molecule is O=C(OCc1cc(=O)n2cc(Br)ccc2n1)[C@H](O)c1ccccc1. The van der Waals surface area contributed by atoms with Gasteiger partial charge in [-0.1, -0.05) is 30.3 Å². The van der Waals surface area contributed by atoms with Crippen LogP contribution in [0.3, 0.4) is 0 Å². The van der Waals surface area contributed by atoms with Gasteiger partial charge in [0.05, 0.1) is 5.69 Å². The maximum Gasteiger partial charge on any atom is 0.340 e. The summed E-state index contributed by atoms with van der Waals surface area (Å²) in [6.45, 7) is -0.190. The number of halogens is 1. The van der Waals surface area contributed by atoms with Gasteiger partial charge in [-0.15, -0.1) is 0 Å². The number of hydrogen-bond acceptors (Lipinski definition) is 5. The van der Waals surface area contributed by atoms with Gasteiger partial charge < -0.3 is 9.84 Å². The molecule has 0 aliphatic heterocycles. The van der Waals surface area contributed by atoms with Crippen LogP contribution < -0.4 is 5.56 Å². The Kier molecular flexibility index (Phi) is 4.73. The largest absolute Gasteiger partial charge is 0.457 e. The maximum absolute atomic E-state index is 12.1. The second-order valence-corrected chi connectivity index (χ2v) is 6.00.